The molecular weight excluding hydrogens is 196 g/mol. The number of methoxy groups -OCH3 is 1. The normalized spacial score (nSPS) is 8.33. The summed E-state index contributed by atoms with van der Waals surface area (Å²) in [6.45, 7) is 0. The molecule has 0 saturated heterocycles. The first-order valence-corrected chi connectivity index (χ1v) is 4.45. The van der Waals surface area contributed by atoms with Gasteiger partial charge < -0.3 is 14.6 Å². The van der Waals surface area contributed by atoms with E-state index in [0.717, 1.165) is 5.75 Å². The van der Waals surface area contributed by atoms with E-state index < -0.39 is 5.97 Å². The van der Waals surface area contributed by atoms with Crippen molar-refractivity contribution >= 4 is 12.3 Å². The molecular formula is C11H14O4. The molecule has 0 aliphatic rings. The predicted octanol–water partition coefficient (Wildman–Crippen LogP) is 1.75. The Morgan fingerprint density at radius 2 is 2.00 bits per heavy atom. The molecule has 0 aliphatic carbocycles. The van der Waals surface area contributed by atoms with E-state index >= 15 is 0 Å². The van der Waals surface area contributed by atoms with Crippen LogP contribution < -0.4 is 4.74 Å². The molecule has 1 rings (SSSR count). The third-order valence-electron chi connectivity index (χ3n) is 1.45. The van der Waals surface area contributed by atoms with Crippen LogP contribution in [0.2, 0.25) is 0 Å². The number of hydrogen-bond donors (Lipinski definition) is 1. The third kappa shape index (κ3) is 8.49. The highest BCUT2D eigenvalue weighted by molar-refractivity contribution is 5.70. The molecule has 0 aromatic heterocycles. The van der Waals surface area contributed by atoms with E-state index in [0.29, 0.717) is 6.29 Å². The van der Waals surface area contributed by atoms with Crippen LogP contribution in [0.1, 0.15) is 12.8 Å². The lowest BCUT2D eigenvalue weighted by atomic mass is 10.3. The van der Waals surface area contributed by atoms with Crippen molar-refractivity contribution in [2.75, 3.05) is 7.11 Å². The van der Waals surface area contributed by atoms with Gasteiger partial charge in [-0.1, -0.05) is 18.2 Å². The summed E-state index contributed by atoms with van der Waals surface area (Å²) in [7, 11) is 1.66. The largest absolute Gasteiger partial charge is 0.497 e. The van der Waals surface area contributed by atoms with Crippen LogP contribution in [-0.2, 0) is 9.59 Å². The summed E-state index contributed by atoms with van der Waals surface area (Å²) in [4.78, 5) is 19.0. The van der Waals surface area contributed by atoms with E-state index in [4.69, 9.17) is 9.84 Å². The zero-order chi connectivity index (χ0) is 11.5. The number of carbonyl (C=O) groups excluding carboxylic acids is 1. The molecule has 82 valence electrons. The van der Waals surface area contributed by atoms with Crippen LogP contribution >= 0.6 is 0 Å². The summed E-state index contributed by atoms with van der Waals surface area (Å²) in [6.07, 6.45) is 0.660. The van der Waals surface area contributed by atoms with Gasteiger partial charge in [0.25, 0.3) is 0 Å². The number of carboxylic acid groups (broad SMARTS) is 1. The highest BCUT2D eigenvalue weighted by Gasteiger charge is 1.91. The van der Waals surface area contributed by atoms with Crippen molar-refractivity contribution in [3.63, 3.8) is 0 Å². The van der Waals surface area contributed by atoms with Crippen LogP contribution in [0.4, 0.5) is 0 Å². The summed E-state index contributed by atoms with van der Waals surface area (Å²) < 4.78 is 4.91. The van der Waals surface area contributed by atoms with Crippen LogP contribution in [0.3, 0.4) is 0 Å². The lowest BCUT2D eigenvalue weighted by Crippen LogP contribution is -1.93. The summed E-state index contributed by atoms with van der Waals surface area (Å²) in [5.41, 5.74) is 0. The Balaban J connectivity index is 0.000000265. The first kappa shape index (κ1) is 13.2. The van der Waals surface area contributed by atoms with E-state index in [1.54, 1.807) is 7.11 Å². The topological polar surface area (TPSA) is 63.6 Å². The predicted molar refractivity (Wildman–Crippen MR) is 55.9 cm³/mol. The highest BCUT2D eigenvalue weighted by atomic mass is 16.5. The van der Waals surface area contributed by atoms with Gasteiger partial charge in [0.2, 0.25) is 0 Å². The molecule has 0 unspecified atom stereocenters. The van der Waals surface area contributed by atoms with Gasteiger partial charge in [-0.25, -0.2) is 0 Å². The zero-order valence-electron chi connectivity index (χ0n) is 8.55. The Kier molecular flexibility index (Phi) is 7.67. The molecule has 0 bridgehead atoms. The van der Waals surface area contributed by atoms with Crippen LogP contribution in [0.5, 0.6) is 5.75 Å². The maximum Gasteiger partial charge on any atom is 0.303 e. The molecule has 0 fully saturated rings. The monoisotopic (exact) mass is 210 g/mol. The van der Waals surface area contributed by atoms with Crippen LogP contribution in [-0.4, -0.2) is 24.5 Å². The van der Waals surface area contributed by atoms with Crippen molar-refractivity contribution in [3.05, 3.63) is 30.3 Å². The minimum Gasteiger partial charge on any atom is -0.497 e. The number of rotatable bonds is 4. The number of aliphatic carboxylic acids is 1. The molecule has 1 N–H and O–H groups in total. The molecule has 1 aromatic carbocycles. The van der Waals surface area contributed by atoms with Crippen molar-refractivity contribution in [3.8, 4) is 5.75 Å². The molecule has 4 heteroatoms. The Hall–Kier alpha value is -1.84. The van der Waals surface area contributed by atoms with Crippen molar-refractivity contribution < 1.29 is 19.4 Å². The molecule has 0 aliphatic heterocycles. The fraction of sp³-hybridized carbons (Fsp3) is 0.273. The van der Waals surface area contributed by atoms with Gasteiger partial charge in [-0.05, 0) is 12.1 Å². The Labute approximate surface area is 88.5 Å². The molecule has 0 amide bonds. The minimum absolute atomic E-state index is 0.0521. The number of para-hydroxylation sites is 1. The number of ether oxygens (including phenoxy) is 1. The van der Waals surface area contributed by atoms with Crippen molar-refractivity contribution in [2.24, 2.45) is 0 Å². The zero-order valence-corrected chi connectivity index (χ0v) is 8.55. The van der Waals surface area contributed by atoms with Gasteiger partial charge in [0.15, 0.2) is 0 Å². The fourth-order valence-corrected chi connectivity index (χ4v) is 0.739. The quantitative estimate of drug-likeness (QED) is 0.769. The smallest absolute Gasteiger partial charge is 0.303 e. The number of benzene rings is 1. The second kappa shape index (κ2) is 8.74. The number of carbonyl (C=O) groups is 2. The second-order valence-electron chi connectivity index (χ2n) is 2.62. The Morgan fingerprint density at radius 1 is 1.40 bits per heavy atom. The minimum atomic E-state index is -0.924. The summed E-state index contributed by atoms with van der Waals surface area (Å²) in [5.74, 6) is -0.0143. The van der Waals surface area contributed by atoms with E-state index in [1.807, 2.05) is 30.3 Å². The summed E-state index contributed by atoms with van der Waals surface area (Å²) in [6, 6.07) is 9.68. The third-order valence-corrected chi connectivity index (χ3v) is 1.45. The average Bonchev–Trinajstić information content (AvgIpc) is 2.28. The van der Waals surface area contributed by atoms with Crippen molar-refractivity contribution in [2.45, 2.75) is 12.8 Å². The lowest BCUT2D eigenvalue weighted by Gasteiger charge is -1.93. The standard InChI is InChI=1S/C7H8O.C4H6O3/c1-8-7-5-3-2-4-6-7;5-3-1-2-4(6)7/h2-6H,1H3;3H,1-2H2,(H,6,7). The lowest BCUT2D eigenvalue weighted by molar-refractivity contribution is -0.137. The number of hydrogen-bond acceptors (Lipinski definition) is 3. The molecule has 4 nitrogen and oxygen atoms in total. The summed E-state index contributed by atoms with van der Waals surface area (Å²) in [5, 5.41) is 7.89. The van der Waals surface area contributed by atoms with Crippen molar-refractivity contribution in [1.29, 1.82) is 0 Å². The Morgan fingerprint density at radius 3 is 2.27 bits per heavy atom. The molecule has 15 heavy (non-hydrogen) atoms. The van der Waals surface area contributed by atoms with Gasteiger partial charge in [-0.15, -0.1) is 0 Å². The fourth-order valence-electron chi connectivity index (χ4n) is 0.739. The van der Waals surface area contributed by atoms with Crippen LogP contribution in [0.15, 0.2) is 30.3 Å². The highest BCUT2D eigenvalue weighted by Crippen LogP contribution is 2.05. The van der Waals surface area contributed by atoms with E-state index in [2.05, 4.69) is 0 Å². The first-order valence-electron chi connectivity index (χ1n) is 4.45. The van der Waals surface area contributed by atoms with Gasteiger partial charge >= 0.3 is 5.97 Å². The van der Waals surface area contributed by atoms with E-state index in [9.17, 15) is 9.59 Å². The average molecular weight is 210 g/mol. The van der Waals surface area contributed by atoms with Gasteiger partial charge in [0.05, 0.1) is 13.5 Å². The number of carboxylic acids is 1. The molecule has 0 spiro atoms. The van der Waals surface area contributed by atoms with Gasteiger partial charge in [-0.2, -0.15) is 0 Å². The van der Waals surface area contributed by atoms with E-state index in [1.165, 1.54) is 0 Å². The molecule has 1 aromatic rings. The maximum atomic E-state index is 9.60. The van der Waals surface area contributed by atoms with E-state index in [-0.39, 0.29) is 12.8 Å². The van der Waals surface area contributed by atoms with Crippen LogP contribution in [0, 0.1) is 0 Å². The van der Waals surface area contributed by atoms with Gasteiger partial charge in [0, 0.05) is 6.42 Å². The SMILES string of the molecule is COc1ccccc1.O=CCCC(=O)O. The number of aldehydes is 1. The first-order chi connectivity index (χ1) is 7.20. The van der Waals surface area contributed by atoms with Crippen LogP contribution in [0.25, 0.3) is 0 Å². The maximum absolute atomic E-state index is 9.60. The molecule has 0 radical (unpaired) electrons. The molecule has 0 saturated carbocycles. The van der Waals surface area contributed by atoms with Gasteiger partial charge in [-0.3, -0.25) is 4.79 Å². The Bertz CT molecular complexity index is 282. The molecule has 0 heterocycles. The van der Waals surface area contributed by atoms with Gasteiger partial charge in [0.1, 0.15) is 12.0 Å². The molecule has 0 atom stereocenters. The van der Waals surface area contributed by atoms with Crippen molar-refractivity contribution in [1.82, 2.24) is 0 Å². The summed E-state index contributed by atoms with van der Waals surface area (Å²) >= 11 is 0. The second-order valence-corrected chi connectivity index (χ2v) is 2.62.